The molecule has 29 heavy (non-hydrogen) atoms. The maximum absolute atomic E-state index is 12.1. The molecule has 0 unspecified atom stereocenters. The maximum atomic E-state index is 12.1. The van der Waals surface area contributed by atoms with Crippen LogP contribution in [0.25, 0.3) is 27.3 Å². The molecule has 1 N–H and O–H groups in total. The number of fused-ring (bicyclic) bond motifs is 2. The van der Waals surface area contributed by atoms with Crippen molar-refractivity contribution in [1.82, 2.24) is 10.3 Å². The molecule has 0 aliphatic heterocycles. The predicted octanol–water partition coefficient (Wildman–Crippen LogP) is 4.48. The number of furan rings is 1. The van der Waals surface area contributed by atoms with E-state index in [1.807, 2.05) is 61.5 Å². The third-order valence-corrected chi connectivity index (χ3v) is 5.27. The molecule has 1 amide bonds. The smallest absolute Gasteiger partial charge is 0.331 e. The predicted molar refractivity (Wildman–Crippen MR) is 112 cm³/mol. The molecule has 0 aliphatic rings. The summed E-state index contributed by atoms with van der Waals surface area (Å²) in [5.74, 6) is -0.364. The van der Waals surface area contributed by atoms with Crippen LogP contribution in [0.4, 0.5) is 0 Å². The molecule has 0 bridgehead atoms. The number of nitrogens with zero attached hydrogens (tertiary/aromatic N) is 1. The van der Waals surface area contributed by atoms with Gasteiger partial charge >= 0.3 is 5.97 Å². The first-order chi connectivity index (χ1) is 14.1. The Hall–Kier alpha value is -3.45. The third-order valence-electron chi connectivity index (χ3n) is 4.27. The van der Waals surface area contributed by atoms with E-state index >= 15 is 0 Å². The number of esters is 1. The van der Waals surface area contributed by atoms with E-state index in [-0.39, 0.29) is 12.6 Å². The van der Waals surface area contributed by atoms with Gasteiger partial charge in [-0.3, -0.25) is 4.79 Å². The molecule has 0 fully saturated rings. The van der Waals surface area contributed by atoms with Crippen LogP contribution in [-0.2, 0) is 14.3 Å². The van der Waals surface area contributed by atoms with Gasteiger partial charge in [-0.15, -0.1) is 11.3 Å². The number of para-hydroxylation sites is 2. The number of thiazole rings is 1. The van der Waals surface area contributed by atoms with Gasteiger partial charge < -0.3 is 14.5 Å². The number of ether oxygens (including phenoxy) is 1. The quantitative estimate of drug-likeness (QED) is 0.377. The number of amides is 1. The SMILES string of the molecule is C[C@H](NC(=O)COC(=O)/C=C/c1nc2ccccc2s1)c1cc2ccccc2o1. The Labute approximate surface area is 170 Å². The highest BCUT2D eigenvalue weighted by Crippen LogP contribution is 2.24. The van der Waals surface area contributed by atoms with E-state index in [4.69, 9.17) is 9.15 Å². The first-order valence-corrected chi connectivity index (χ1v) is 9.88. The van der Waals surface area contributed by atoms with Crippen molar-refractivity contribution in [3.8, 4) is 0 Å². The van der Waals surface area contributed by atoms with Crippen LogP contribution in [-0.4, -0.2) is 23.5 Å². The minimum Gasteiger partial charge on any atom is -0.459 e. The molecule has 4 aromatic rings. The molecule has 2 aromatic carbocycles. The molecular formula is C22H18N2O4S. The number of carbonyl (C=O) groups excluding carboxylic acids is 2. The fraction of sp³-hybridized carbons (Fsp3) is 0.136. The first kappa shape index (κ1) is 18.9. The second-order valence-electron chi connectivity index (χ2n) is 6.44. The molecule has 1 atom stereocenters. The summed E-state index contributed by atoms with van der Waals surface area (Å²) in [5, 5.41) is 4.43. The largest absolute Gasteiger partial charge is 0.459 e. The summed E-state index contributed by atoms with van der Waals surface area (Å²) in [6.45, 7) is 1.44. The minimum atomic E-state index is -0.601. The lowest BCUT2D eigenvalue weighted by atomic mass is 10.2. The number of hydrogen-bond donors (Lipinski definition) is 1. The summed E-state index contributed by atoms with van der Waals surface area (Å²) < 4.78 is 11.8. The van der Waals surface area contributed by atoms with Crippen molar-refractivity contribution in [1.29, 1.82) is 0 Å². The molecule has 6 nitrogen and oxygen atoms in total. The summed E-state index contributed by atoms with van der Waals surface area (Å²) in [7, 11) is 0. The second-order valence-corrected chi connectivity index (χ2v) is 7.50. The number of carbonyl (C=O) groups is 2. The van der Waals surface area contributed by atoms with Gasteiger partial charge in [-0.25, -0.2) is 9.78 Å². The van der Waals surface area contributed by atoms with E-state index in [0.717, 1.165) is 21.2 Å². The summed E-state index contributed by atoms with van der Waals surface area (Å²) in [6.07, 6.45) is 2.86. The van der Waals surface area contributed by atoms with Crippen molar-refractivity contribution in [3.05, 3.63) is 71.4 Å². The highest BCUT2D eigenvalue weighted by Gasteiger charge is 2.15. The summed E-state index contributed by atoms with van der Waals surface area (Å²) >= 11 is 1.48. The Morgan fingerprint density at radius 1 is 1.21 bits per heavy atom. The first-order valence-electron chi connectivity index (χ1n) is 9.07. The van der Waals surface area contributed by atoms with E-state index in [1.165, 1.54) is 17.4 Å². The van der Waals surface area contributed by atoms with Crippen LogP contribution in [0.15, 0.2) is 65.1 Å². The lowest BCUT2D eigenvalue weighted by Crippen LogP contribution is -2.30. The van der Waals surface area contributed by atoms with E-state index in [2.05, 4.69) is 10.3 Å². The Bertz CT molecular complexity index is 1140. The molecule has 2 heterocycles. The average molecular weight is 406 g/mol. The lowest BCUT2D eigenvalue weighted by Gasteiger charge is -2.11. The van der Waals surface area contributed by atoms with Crippen molar-refractivity contribution in [3.63, 3.8) is 0 Å². The monoisotopic (exact) mass is 406 g/mol. The van der Waals surface area contributed by atoms with Crippen molar-refractivity contribution in [2.75, 3.05) is 6.61 Å². The van der Waals surface area contributed by atoms with Gasteiger partial charge in [-0.05, 0) is 37.3 Å². The molecule has 146 valence electrons. The molecule has 0 spiro atoms. The number of nitrogens with one attached hydrogen (secondary N) is 1. The normalized spacial score (nSPS) is 12.4. The van der Waals surface area contributed by atoms with Crippen LogP contribution >= 0.6 is 11.3 Å². The van der Waals surface area contributed by atoms with Crippen molar-refractivity contribution >= 4 is 50.5 Å². The third kappa shape index (κ3) is 4.52. The van der Waals surface area contributed by atoms with Crippen molar-refractivity contribution < 1.29 is 18.7 Å². The highest BCUT2D eigenvalue weighted by atomic mass is 32.1. The standard InChI is InChI=1S/C22H18N2O4S/c1-14(18-12-15-6-2-4-8-17(15)28-18)23-20(25)13-27-22(26)11-10-21-24-16-7-3-5-9-19(16)29-21/h2-12,14H,13H2,1H3,(H,23,25)/b11-10+/t14-/m0/s1. The fourth-order valence-electron chi connectivity index (χ4n) is 2.86. The van der Waals surface area contributed by atoms with E-state index in [0.29, 0.717) is 10.8 Å². The van der Waals surface area contributed by atoms with E-state index in [1.54, 1.807) is 6.08 Å². The van der Waals surface area contributed by atoms with Gasteiger partial charge in [0, 0.05) is 11.5 Å². The minimum absolute atomic E-state index is 0.341. The summed E-state index contributed by atoms with van der Waals surface area (Å²) in [5.41, 5.74) is 1.64. The Morgan fingerprint density at radius 2 is 2.00 bits per heavy atom. The van der Waals surface area contributed by atoms with Crippen LogP contribution in [0, 0.1) is 0 Å². The summed E-state index contributed by atoms with van der Waals surface area (Å²) in [6, 6.07) is 16.9. The Balaban J connectivity index is 1.28. The van der Waals surface area contributed by atoms with Crippen LogP contribution in [0.1, 0.15) is 23.7 Å². The molecule has 7 heteroatoms. The topological polar surface area (TPSA) is 81.4 Å². The van der Waals surface area contributed by atoms with Gasteiger partial charge in [0.15, 0.2) is 6.61 Å². The highest BCUT2D eigenvalue weighted by molar-refractivity contribution is 7.19. The average Bonchev–Trinajstić information content (AvgIpc) is 3.34. The number of benzene rings is 2. The van der Waals surface area contributed by atoms with Crippen LogP contribution < -0.4 is 5.32 Å². The van der Waals surface area contributed by atoms with Gasteiger partial charge in [-0.1, -0.05) is 30.3 Å². The molecule has 0 saturated carbocycles. The second kappa shape index (κ2) is 8.28. The number of hydrogen-bond acceptors (Lipinski definition) is 6. The van der Waals surface area contributed by atoms with Crippen molar-refractivity contribution in [2.45, 2.75) is 13.0 Å². The molecule has 2 aromatic heterocycles. The molecule has 4 rings (SSSR count). The van der Waals surface area contributed by atoms with Gasteiger partial charge in [0.1, 0.15) is 16.4 Å². The number of aromatic nitrogens is 1. The molecule has 0 saturated heterocycles. The fourth-order valence-corrected chi connectivity index (χ4v) is 3.73. The molecular weight excluding hydrogens is 388 g/mol. The van der Waals surface area contributed by atoms with Gasteiger partial charge in [-0.2, -0.15) is 0 Å². The zero-order chi connectivity index (χ0) is 20.2. The van der Waals surface area contributed by atoms with Crippen molar-refractivity contribution in [2.24, 2.45) is 0 Å². The van der Waals surface area contributed by atoms with Gasteiger partial charge in [0.2, 0.25) is 0 Å². The summed E-state index contributed by atoms with van der Waals surface area (Å²) in [4.78, 5) is 28.4. The zero-order valence-corrected chi connectivity index (χ0v) is 16.4. The number of rotatable bonds is 6. The Kier molecular flexibility index (Phi) is 5.39. The van der Waals surface area contributed by atoms with E-state index in [9.17, 15) is 9.59 Å². The zero-order valence-electron chi connectivity index (χ0n) is 15.6. The van der Waals surface area contributed by atoms with E-state index < -0.39 is 11.9 Å². The molecule has 0 aliphatic carbocycles. The van der Waals surface area contributed by atoms with Gasteiger partial charge in [0.25, 0.3) is 5.91 Å². The van der Waals surface area contributed by atoms with Crippen LogP contribution in [0.5, 0.6) is 0 Å². The lowest BCUT2D eigenvalue weighted by molar-refractivity contribution is -0.144. The molecule has 0 radical (unpaired) electrons. The maximum Gasteiger partial charge on any atom is 0.331 e. The van der Waals surface area contributed by atoms with Crippen LogP contribution in [0.3, 0.4) is 0 Å². The van der Waals surface area contributed by atoms with Crippen LogP contribution in [0.2, 0.25) is 0 Å². The Morgan fingerprint density at radius 3 is 2.83 bits per heavy atom. The van der Waals surface area contributed by atoms with Gasteiger partial charge in [0.05, 0.1) is 16.3 Å².